The zero-order valence-corrected chi connectivity index (χ0v) is 27.2. The summed E-state index contributed by atoms with van der Waals surface area (Å²) in [4.78, 5) is 6.99. The molecule has 11 heteroatoms. The van der Waals surface area contributed by atoms with Gasteiger partial charge in [-0.15, -0.1) is 31.8 Å². The lowest BCUT2D eigenvalue weighted by atomic mass is 10.1. The van der Waals surface area contributed by atoms with E-state index in [1.807, 2.05) is 30.4 Å². The minimum absolute atomic E-state index is 0.334. The minimum atomic E-state index is 0.334. The van der Waals surface area contributed by atoms with Crippen LogP contribution in [0.5, 0.6) is 0 Å². The molecule has 2 N–H and O–H groups in total. The van der Waals surface area contributed by atoms with Gasteiger partial charge in [0.2, 0.25) is 5.13 Å². The summed E-state index contributed by atoms with van der Waals surface area (Å²) >= 11 is 3.32. The maximum Gasteiger partial charge on any atom is 0.253 e. The molecule has 42 heavy (non-hydrogen) atoms. The molecule has 1 fully saturated rings. The number of nitrogens with one attached hydrogen (secondary N) is 2. The summed E-state index contributed by atoms with van der Waals surface area (Å²) in [5, 5.41) is 21.4. The number of hydrogen-bond donors (Lipinski definition) is 2. The smallest absolute Gasteiger partial charge is 0.253 e. The summed E-state index contributed by atoms with van der Waals surface area (Å²) in [6.07, 6.45) is 2.59. The van der Waals surface area contributed by atoms with Gasteiger partial charge in [-0.3, -0.25) is 0 Å². The number of aromatic nitrogens is 2. The van der Waals surface area contributed by atoms with Crippen molar-refractivity contribution in [3.63, 3.8) is 0 Å². The highest BCUT2D eigenvalue weighted by Crippen LogP contribution is 2.38. The standard InChI is InChI=1S/C31H41N9S2/c1-20(2)40(21(3)4)31-37-36-30(42-31)35-34-26-12-10-24(18-22(26)5)32-33-27-13-11-25(19-23(27)6)38(7)28-14-15-29(41-28)39-16-8-9-17-39/h10-15,18-21,32-33H,8-9,16-17H2,1-7H3/b35-34+. The SMILES string of the molecule is Cc1cc(NNc2ccc(N(C)c3ccc(N4CCCC4)s3)cc2C)ccc1/N=N/c1nnc(N(C(C)C)C(C)C)s1. The molecule has 0 radical (unpaired) electrons. The first kappa shape index (κ1) is 29.8. The first-order chi connectivity index (χ1) is 20.2. The third-order valence-electron chi connectivity index (χ3n) is 7.44. The topological polar surface area (TPSA) is 84.3 Å². The summed E-state index contributed by atoms with van der Waals surface area (Å²) in [5.74, 6) is 0. The molecule has 2 aromatic carbocycles. The van der Waals surface area contributed by atoms with Gasteiger partial charge in [0.1, 0.15) is 0 Å². The molecule has 0 saturated carbocycles. The molecule has 5 rings (SSSR count). The third-order valence-corrected chi connectivity index (χ3v) is 9.49. The molecular formula is C31H41N9S2. The molecule has 222 valence electrons. The van der Waals surface area contributed by atoms with Gasteiger partial charge in [0.15, 0.2) is 0 Å². The normalized spacial score (nSPS) is 13.5. The zero-order chi connectivity index (χ0) is 29.8. The maximum atomic E-state index is 4.45. The van der Waals surface area contributed by atoms with Crippen LogP contribution < -0.4 is 25.6 Å². The minimum Gasteiger partial charge on any atom is -0.363 e. The largest absolute Gasteiger partial charge is 0.363 e. The van der Waals surface area contributed by atoms with Gasteiger partial charge >= 0.3 is 0 Å². The van der Waals surface area contributed by atoms with Crippen molar-refractivity contribution in [2.24, 2.45) is 10.2 Å². The zero-order valence-electron chi connectivity index (χ0n) is 25.5. The van der Waals surface area contributed by atoms with Crippen LogP contribution in [0.2, 0.25) is 0 Å². The van der Waals surface area contributed by atoms with Crippen molar-refractivity contribution < 1.29 is 0 Å². The predicted molar refractivity (Wildman–Crippen MR) is 180 cm³/mol. The molecule has 0 atom stereocenters. The lowest BCUT2D eigenvalue weighted by Crippen LogP contribution is -2.36. The Morgan fingerprint density at radius 3 is 2.29 bits per heavy atom. The number of azo groups is 1. The van der Waals surface area contributed by atoms with E-state index >= 15 is 0 Å². The van der Waals surface area contributed by atoms with E-state index in [9.17, 15) is 0 Å². The van der Waals surface area contributed by atoms with E-state index in [-0.39, 0.29) is 0 Å². The molecule has 2 aromatic heterocycles. The Balaban J connectivity index is 1.19. The van der Waals surface area contributed by atoms with Crippen molar-refractivity contribution >= 4 is 65.7 Å². The molecule has 4 aromatic rings. The van der Waals surface area contributed by atoms with Crippen molar-refractivity contribution in [2.75, 3.05) is 45.7 Å². The van der Waals surface area contributed by atoms with Gasteiger partial charge in [0.05, 0.1) is 27.1 Å². The fourth-order valence-electron chi connectivity index (χ4n) is 5.20. The summed E-state index contributed by atoms with van der Waals surface area (Å²) < 4.78 is 0. The van der Waals surface area contributed by atoms with Gasteiger partial charge in [-0.25, -0.2) is 0 Å². The number of hydrogen-bond acceptors (Lipinski definition) is 11. The Bertz CT molecular complexity index is 1510. The second-order valence-corrected chi connectivity index (χ2v) is 13.3. The highest BCUT2D eigenvalue weighted by molar-refractivity contribution is 7.20. The van der Waals surface area contributed by atoms with Gasteiger partial charge < -0.3 is 25.6 Å². The van der Waals surface area contributed by atoms with Crippen molar-refractivity contribution in [1.82, 2.24) is 10.2 Å². The van der Waals surface area contributed by atoms with Crippen LogP contribution in [0.3, 0.4) is 0 Å². The number of rotatable bonds is 11. The predicted octanol–water partition coefficient (Wildman–Crippen LogP) is 9.06. The Hall–Kier alpha value is -3.70. The van der Waals surface area contributed by atoms with Crippen LogP contribution >= 0.6 is 22.7 Å². The molecule has 0 unspecified atom stereocenters. The average Bonchev–Trinajstić information content (AvgIpc) is 3.73. The number of nitrogens with zero attached hydrogens (tertiary/aromatic N) is 7. The van der Waals surface area contributed by atoms with Gasteiger partial charge in [-0.1, -0.05) is 11.3 Å². The van der Waals surface area contributed by atoms with Crippen LogP contribution in [0.15, 0.2) is 58.8 Å². The maximum absolute atomic E-state index is 4.45. The lowest BCUT2D eigenvalue weighted by Gasteiger charge is -2.29. The van der Waals surface area contributed by atoms with Gasteiger partial charge in [-0.2, -0.15) is 0 Å². The Morgan fingerprint density at radius 2 is 1.60 bits per heavy atom. The van der Waals surface area contributed by atoms with E-state index in [0.717, 1.165) is 33.3 Å². The van der Waals surface area contributed by atoms with Crippen LogP contribution in [-0.2, 0) is 0 Å². The van der Waals surface area contributed by atoms with Crippen molar-refractivity contribution in [1.29, 1.82) is 0 Å². The van der Waals surface area contributed by atoms with E-state index in [1.54, 1.807) is 0 Å². The molecule has 1 aliphatic rings. The van der Waals surface area contributed by atoms with Crippen LogP contribution in [-0.4, -0.2) is 42.4 Å². The quantitative estimate of drug-likeness (QED) is 0.131. The van der Waals surface area contributed by atoms with E-state index in [2.05, 4.69) is 124 Å². The van der Waals surface area contributed by atoms with Gasteiger partial charge in [0.25, 0.3) is 5.13 Å². The summed E-state index contributed by atoms with van der Waals surface area (Å²) in [5.41, 5.74) is 12.8. The number of thiophene rings is 1. The van der Waals surface area contributed by atoms with E-state index in [1.165, 1.54) is 53.0 Å². The molecule has 0 bridgehead atoms. The molecule has 1 aliphatic heterocycles. The fourth-order valence-corrected chi connectivity index (χ4v) is 7.18. The second-order valence-electron chi connectivity index (χ2n) is 11.3. The second kappa shape index (κ2) is 13.1. The molecule has 9 nitrogen and oxygen atoms in total. The molecule has 3 heterocycles. The van der Waals surface area contributed by atoms with Crippen LogP contribution in [0.25, 0.3) is 0 Å². The van der Waals surface area contributed by atoms with E-state index < -0.39 is 0 Å². The average molecular weight is 604 g/mol. The Labute approximate surface area is 257 Å². The van der Waals surface area contributed by atoms with Crippen molar-refractivity contribution in [3.05, 3.63) is 59.7 Å². The van der Waals surface area contributed by atoms with Crippen LogP contribution in [0, 0.1) is 13.8 Å². The number of anilines is 6. The summed E-state index contributed by atoms with van der Waals surface area (Å²) in [6.45, 7) is 15.1. The summed E-state index contributed by atoms with van der Waals surface area (Å²) in [6, 6.07) is 17.6. The van der Waals surface area contributed by atoms with Gasteiger partial charge in [0, 0.05) is 37.9 Å². The Kier molecular flexibility index (Phi) is 9.27. The highest BCUT2D eigenvalue weighted by Gasteiger charge is 2.19. The molecule has 0 aliphatic carbocycles. The van der Waals surface area contributed by atoms with Crippen molar-refractivity contribution in [3.8, 4) is 0 Å². The molecule has 0 amide bonds. The molecule has 0 spiro atoms. The number of hydrazine groups is 1. The number of benzene rings is 2. The molecular weight excluding hydrogens is 563 g/mol. The van der Waals surface area contributed by atoms with Crippen LogP contribution in [0.1, 0.15) is 51.7 Å². The monoisotopic (exact) mass is 603 g/mol. The van der Waals surface area contributed by atoms with E-state index in [0.29, 0.717) is 17.2 Å². The summed E-state index contributed by atoms with van der Waals surface area (Å²) in [7, 11) is 2.14. The fraction of sp³-hybridized carbons (Fsp3) is 0.419. The lowest BCUT2D eigenvalue weighted by molar-refractivity contribution is 0.603. The third kappa shape index (κ3) is 6.84. The van der Waals surface area contributed by atoms with Crippen molar-refractivity contribution in [2.45, 2.75) is 66.5 Å². The van der Waals surface area contributed by atoms with Gasteiger partial charge in [-0.05, 0) is 114 Å². The first-order valence-corrected chi connectivity index (χ1v) is 16.2. The highest BCUT2D eigenvalue weighted by atomic mass is 32.1. The van der Waals surface area contributed by atoms with Crippen LogP contribution in [0.4, 0.5) is 43.0 Å². The number of aryl methyl sites for hydroxylation is 2. The first-order valence-electron chi connectivity index (χ1n) is 14.5. The molecule has 1 saturated heterocycles. The van der Waals surface area contributed by atoms with E-state index in [4.69, 9.17) is 0 Å². The Morgan fingerprint density at radius 1 is 0.833 bits per heavy atom.